The summed E-state index contributed by atoms with van der Waals surface area (Å²) in [6, 6.07) is 0. The molecular formula is C14H23N3O. The Hall–Kier alpha value is -1.42. The summed E-state index contributed by atoms with van der Waals surface area (Å²) in [7, 11) is 0. The molecule has 0 amide bonds. The molecule has 1 heterocycles. The zero-order valence-corrected chi connectivity index (χ0v) is 11.4. The summed E-state index contributed by atoms with van der Waals surface area (Å²) < 4.78 is 5.53. The molecule has 100 valence electrons. The largest absolute Gasteiger partial charge is 0.477 e. The van der Waals surface area contributed by atoms with Crippen LogP contribution in [0.15, 0.2) is 25.0 Å². The van der Waals surface area contributed by atoms with Crippen molar-refractivity contribution in [3.8, 4) is 5.88 Å². The van der Waals surface area contributed by atoms with Crippen molar-refractivity contribution in [3.63, 3.8) is 0 Å². The SMILES string of the molecule is C=CCCCOc1cncc(CNCC(C)C)n1. The molecule has 0 bridgehead atoms. The van der Waals surface area contributed by atoms with Gasteiger partial charge in [0.05, 0.1) is 18.5 Å². The Bertz CT molecular complexity index is 353. The molecular weight excluding hydrogens is 226 g/mol. The van der Waals surface area contributed by atoms with E-state index in [9.17, 15) is 0 Å². The van der Waals surface area contributed by atoms with Crippen molar-refractivity contribution in [1.82, 2.24) is 15.3 Å². The second kappa shape index (κ2) is 8.64. The van der Waals surface area contributed by atoms with Crippen LogP contribution in [0.5, 0.6) is 5.88 Å². The van der Waals surface area contributed by atoms with Crippen LogP contribution in [0, 0.1) is 5.92 Å². The molecule has 1 rings (SSSR count). The summed E-state index contributed by atoms with van der Waals surface area (Å²) in [5, 5.41) is 3.33. The van der Waals surface area contributed by atoms with Gasteiger partial charge in [-0.1, -0.05) is 19.9 Å². The highest BCUT2D eigenvalue weighted by Crippen LogP contribution is 2.06. The molecule has 0 atom stereocenters. The highest BCUT2D eigenvalue weighted by Gasteiger charge is 2.00. The zero-order valence-electron chi connectivity index (χ0n) is 11.4. The maximum Gasteiger partial charge on any atom is 0.232 e. The Kier molecular flexibility index (Phi) is 7.03. The molecule has 0 unspecified atom stereocenters. The van der Waals surface area contributed by atoms with E-state index in [2.05, 4.69) is 35.7 Å². The van der Waals surface area contributed by atoms with E-state index in [0.717, 1.165) is 31.6 Å². The number of rotatable bonds is 9. The fourth-order valence-electron chi connectivity index (χ4n) is 1.43. The number of unbranched alkanes of at least 4 members (excludes halogenated alkanes) is 1. The minimum Gasteiger partial charge on any atom is -0.477 e. The third-order valence-electron chi connectivity index (χ3n) is 2.32. The van der Waals surface area contributed by atoms with Crippen LogP contribution >= 0.6 is 0 Å². The first kappa shape index (κ1) is 14.6. The van der Waals surface area contributed by atoms with Crippen molar-refractivity contribution in [1.29, 1.82) is 0 Å². The van der Waals surface area contributed by atoms with E-state index in [1.807, 2.05) is 6.08 Å². The predicted octanol–water partition coefficient (Wildman–Crippen LogP) is 2.57. The van der Waals surface area contributed by atoms with Gasteiger partial charge in [-0.15, -0.1) is 6.58 Å². The zero-order chi connectivity index (χ0) is 13.2. The van der Waals surface area contributed by atoms with Crippen LogP contribution in [0.3, 0.4) is 0 Å². The number of nitrogens with zero attached hydrogens (tertiary/aromatic N) is 2. The third-order valence-corrected chi connectivity index (χ3v) is 2.32. The van der Waals surface area contributed by atoms with E-state index < -0.39 is 0 Å². The first-order valence-corrected chi connectivity index (χ1v) is 6.47. The molecule has 0 aromatic carbocycles. The summed E-state index contributed by atoms with van der Waals surface area (Å²) in [5.74, 6) is 1.24. The van der Waals surface area contributed by atoms with Gasteiger partial charge in [-0.05, 0) is 25.3 Å². The van der Waals surface area contributed by atoms with Gasteiger partial charge in [-0.3, -0.25) is 4.98 Å². The van der Waals surface area contributed by atoms with Crippen molar-refractivity contribution in [2.24, 2.45) is 5.92 Å². The summed E-state index contributed by atoms with van der Waals surface area (Å²) >= 11 is 0. The second-order valence-electron chi connectivity index (χ2n) is 4.65. The summed E-state index contributed by atoms with van der Waals surface area (Å²) in [6.45, 7) is 10.4. The lowest BCUT2D eigenvalue weighted by Crippen LogP contribution is -2.19. The lowest BCUT2D eigenvalue weighted by molar-refractivity contribution is 0.297. The van der Waals surface area contributed by atoms with Gasteiger partial charge < -0.3 is 10.1 Å². The highest BCUT2D eigenvalue weighted by atomic mass is 16.5. The van der Waals surface area contributed by atoms with E-state index in [0.29, 0.717) is 18.4 Å². The van der Waals surface area contributed by atoms with Crippen molar-refractivity contribution in [2.45, 2.75) is 33.2 Å². The van der Waals surface area contributed by atoms with Crippen molar-refractivity contribution >= 4 is 0 Å². The fraction of sp³-hybridized carbons (Fsp3) is 0.571. The molecule has 1 N–H and O–H groups in total. The van der Waals surface area contributed by atoms with Crippen LogP contribution in [0.4, 0.5) is 0 Å². The Morgan fingerprint density at radius 1 is 1.44 bits per heavy atom. The molecule has 0 saturated heterocycles. The fourth-order valence-corrected chi connectivity index (χ4v) is 1.43. The van der Waals surface area contributed by atoms with Crippen LogP contribution in [-0.4, -0.2) is 23.1 Å². The molecule has 0 aliphatic carbocycles. The van der Waals surface area contributed by atoms with Crippen molar-refractivity contribution in [3.05, 3.63) is 30.7 Å². The normalized spacial score (nSPS) is 10.6. The lowest BCUT2D eigenvalue weighted by Gasteiger charge is -2.08. The number of ether oxygens (including phenoxy) is 1. The lowest BCUT2D eigenvalue weighted by atomic mass is 10.2. The van der Waals surface area contributed by atoms with E-state index in [4.69, 9.17) is 4.74 Å². The quantitative estimate of drug-likeness (QED) is 0.540. The summed E-state index contributed by atoms with van der Waals surface area (Å²) in [4.78, 5) is 8.53. The minimum absolute atomic E-state index is 0.600. The summed E-state index contributed by atoms with van der Waals surface area (Å²) in [5.41, 5.74) is 0.914. The van der Waals surface area contributed by atoms with Gasteiger partial charge in [-0.25, -0.2) is 4.98 Å². The van der Waals surface area contributed by atoms with E-state index >= 15 is 0 Å². The molecule has 1 aromatic heterocycles. The van der Waals surface area contributed by atoms with Gasteiger partial charge in [0.25, 0.3) is 0 Å². The second-order valence-corrected chi connectivity index (χ2v) is 4.65. The van der Waals surface area contributed by atoms with Crippen LogP contribution in [-0.2, 0) is 6.54 Å². The smallest absolute Gasteiger partial charge is 0.232 e. The maximum atomic E-state index is 5.53. The number of aromatic nitrogens is 2. The topological polar surface area (TPSA) is 47.0 Å². The molecule has 0 spiro atoms. The molecule has 0 fully saturated rings. The highest BCUT2D eigenvalue weighted by molar-refractivity contribution is 5.08. The number of nitrogens with one attached hydrogen (secondary N) is 1. The average molecular weight is 249 g/mol. The van der Waals surface area contributed by atoms with E-state index in [-0.39, 0.29) is 0 Å². The standard InChI is InChI=1S/C14H23N3O/c1-4-5-6-7-18-14-11-16-10-13(17-14)9-15-8-12(2)3/h4,10-12,15H,1,5-9H2,2-3H3. The number of allylic oxidation sites excluding steroid dienone is 1. The molecule has 4 heteroatoms. The van der Waals surface area contributed by atoms with Gasteiger partial charge in [0.1, 0.15) is 0 Å². The van der Waals surface area contributed by atoms with Crippen LogP contribution in [0.2, 0.25) is 0 Å². The van der Waals surface area contributed by atoms with Crippen LogP contribution < -0.4 is 10.1 Å². The minimum atomic E-state index is 0.600. The van der Waals surface area contributed by atoms with E-state index in [1.165, 1.54) is 0 Å². The molecule has 0 aliphatic rings. The van der Waals surface area contributed by atoms with Gasteiger partial charge in [-0.2, -0.15) is 0 Å². The Labute approximate surface area is 109 Å². The molecule has 4 nitrogen and oxygen atoms in total. The van der Waals surface area contributed by atoms with Gasteiger partial charge in [0, 0.05) is 12.7 Å². The molecule has 1 aromatic rings. The average Bonchev–Trinajstić information content (AvgIpc) is 2.35. The van der Waals surface area contributed by atoms with E-state index in [1.54, 1.807) is 12.4 Å². The van der Waals surface area contributed by atoms with Crippen molar-refractivity contribution in [2.75, 3.05) is 13.2 Å². The first-order chi connectivity index (χ1) is 8.72. The Balaban J connectivity index is 2.34. The third kappa shape index (κ3) is 6.35. The maximum absolute atomic E-state index is 5.53. The first-order valence-electron chi connectivity index (χ1n) is 6.47. The molecule has 18 heavy (non-hydrogen) atoms. The molecule has 0 radical (unpaired) electrons. The Morgan fingerprint density at radius 2 is 2.28 bits per heavy atom. The van der Waals surface area contributed by atoms with Gasteiger partial charge in [0.15, 0.2) is 0 Å². The summed E-state index contributed by atoms with van der Waals surface area (Å²) in [6.07, 6.45) is 7.23. The Morgan fingerprint density at radius 3 is 3.00 bits per heavy atom. The predicted molar refractivity (Wildman–Crippen MR) is 73.5 cm³/mol. The van der Waals surface area contributed by atoms with Gasteiger partial charge >= 0.3 is 0 Å². The number of hydrogen-bond acceptors (Lipinski definition) is 4. The van der Waals surface area contributed by atoms with Crippen LogP contribution in [0.1, 0.15) is 32.4 Å². The molecule has 0 saturated carbocycles. The monoisotopic (exact) mass is 249 g/mol. The number of hydrogen-bond donors (Lipinski definition) is 1. The van der Waals surface area contributed by atoms with Crippen LogP contribution in [0.25, 0.3) is 0 Å². The van der Waals surface area contributed by atoms with Crippen molar-refractivity contribution < 1.29 is 4.74 Å². The van der Waals surface area contributed by atoms with Gasteiger partial charge in [0.2, 0.25) is 5.88 Å². The molecule has 0 aliphatic heterocycles.